The molecule has 1 aromatic rings. The summed E-state index contributed by atoms with van der Waals surface area (Å²) in [7, 11) is 1.66. The smallest absolute Gasteiger partial charge is 0.180 e. The fourth-order valence-corrected chi connectivity index (χ4v) is 1.49. The van der Waals surface area contributed by atoms with Crippen molar-refractivity contribution >= 4 is 5.90 Å². The lowest BCUT2D eigenvalue weighted by Crippen LogP contribution is -1.97. The molecule has 1 unspecified atom stereocenters. The normalized spacial score (nSPS) is 18.0. The largest absolute Gasteiger partial charge is 0.497 e. The van der Waals surface area contributed by atoms with Gasteiger partial charge in [-0.2, -0.15) is 0 Å². The lowest BCUT2D eigenvalue weighted by atomic mass is 10.1. The molecule has 0 saturated heterocycles. The molecular formula is C13H19NO2. The van der Waals surface area contributed by atoms with E-state index in [9.17, 15) is 0 Å². The zero-order chi connectivity index (χ0) is 12.0. The predicted octanol–water partition coefficient (Wildman–Crippen LogP) is 3.21. The van der Waals surface area contributed by atoms with Crippen LogP contribution in [-0.4, -0.2) is 19.6 Å². The van der Waals surface area contributed by atoms with E-state index in [0.717, 1.165) is 11.6 Å². The molecule has 3 heteroatoms. The molecular weight excluding hydrogens is 202 g/mol. The second-order valence-electron chi connectivity index (χ2n) is 3.25. The van der Waals surface area contributed by atoms with Gasteiger partial charge in [-0.1, -0.05) is 26.0 Å². The summed E-state index contributed by atoms with van der Waals surface area (Å²) in [6.07, 6.45) is 0. The number of hydrogen-bond donors (Lipinski definition) is 0. The maximum atomic E-state index is 5.30. The van der Waals surface area contributed by atoms with Crippen molar-refractivity contribution in [2.24, 2.45) is 4.99 Å². The summed E-state index contributed by atoms with van der Waals surface area (Å²) in [5, 5.41) is 0. The molecule has 1 heterocycles. The molecule has 3 nitrogen and oxygen atoms in total. The molecule has 1 aromatic carbocycles. The van der Waals surface area contributed by atoms with Gasteiger partial charge in [0, 0.05) is 6.92 Å². The van der Waals surface area contributed by atoms with Crippen molar-refractivity contribution in [3.63, 3.8) is 0 Å². The van der Waals surface area contributed by atoms with Crippen LogP contribution >= 0.6 is 0 Å². The van der Waals surface area contributed by atoms with Crippen molar-refractivity contribution in [1.29, 1.82) is 0 Å². The summed E-state index contributed by atoms with van der Waals surface area (Å²) in [5.41, 5.74) is 1.17. The third kappa shape index (κ3) is 2.99. The fraction of sp³-hybridized carbons (Fsp3) is 0.462. The van der Waals surface area contributed by atoms with Crippen LogP contribution in [0.4, 0.5) is 0 Å². The third-order valence-electron chi connectivity index (χ3n) is 2.29. The number of hydrogen-bond acceptors (Lipinski definition) is 3. The number of nitrogens with zero attached hydrogens (tertiary/aromatic N) is 1. The van der Waals surface area contributed by atoms with Crippen LogP contribution in [0.2, 0.25) is 0 Å². The predicted molar refractivity (Wildman–Crippen MR) is 66.1 cm³/mol. The monoisotopic (exact) mass is 221 g/mol. The Morgan fingerprint density at radius 2 is 1.88 bits per heavy atom. The van der Waals surface area contributed by atoms with E-state index in [1.54, 1.807) is 7.11 Å². The summed E-state index contributed by atoms with van der Waals surface area (Å²) in [6, 6.07) is 8.09. The van der Waals surface area contributed by atoms with Gasteiger partial charge in [-0.3, -0.25) is 0 Å². The Balaban J connectivity index is 0.000000606. The van der Waals surface area contributed by atoms with Gasteiger partial charge >= 0.3 is 0 Å². The lowest BCUT2D eigenvalue weighted by Gasteiger charge is -2.06. The molecule has 0 fully saturated rings. The van der Waals surface area contributed by atoms with Gasteiger partial charge in [0.15, 0.2) is 5.90 Å². The number of rotatable bonds is 2. The molecule has 0 amide bonds. The van der Waals surface area contributed by atoms with E-state index in [2.05, 4.69) is 4.99 Å². The zero-order valence-corrected chi connectivity index (χ0v) is 10.4. The summed E-state index contributed by atoms with van der Waals surface area (Å²) in [6.45, 7) is 6.53. The van der Waals surface area contributed by atoms with Crippen molar-refractivity contribution < 1.29 is 9.47 Å². The van der Waals surface area contributed by atoms with Crippen LogP contribution in [0.25, 0.3) is 0 Å². The van der Waals surface area contributed by atoms with Crippen molar-refractivity contribution in [2.75, 3.05) is 13.7 Å². The average Bonchev–Trinajstić information content (AvgIpc) is 2.79. The van der Waals surface area contributed by atoms with Crippen LogP contribution in [0, 0.1) is 0 Å². The first-order chi connectivity index (χ1) is 7.79. The van der Waals surface area contributed by atoms with E-state index in [-0.39, 0.29) is 6.04 Å². The fourth-order valence-electron chi connectivity index (χ4n) is 1.49. The van der Waals surface area contributed by atoms with E-state index < -0.39 is 0 Å². The number of benzene rings is 1. The van der Waals surface area contributed by atoms with Gasteiger partial charge in [-0.25, -0.2) is 4.99 Å². The van der Waals surface area contributed by atoms with Crippen LogP contribution in [0.3, 0.4) is 0 Å². The van der Waals surface area contributed by atoms with E-state index in [1.807, 2.05) is 45.0 Å². The Labute approximate surface area is 97.1 Å². The van der Waals surface area contributed by atoms with E-state index in [4.69, 9.17) is 9.47 Å². The lowest BCUT2D eigenvalue weighted by molar-refractivity contribution is 0.317. The molecule has 1 aliphatic heterocycles. The van der Waals surface area contributed by atoms with Crippen molar-refractivity contribution in [2.45, 2.75) is 26.8 Å². The van der Waals surface area contributed by atoms with Crippen LogP contribution in [0.5, 0.6) is 5.75 Å². The molecule has 1 aliphatic rings. The summed E-state index contributed by atoms with van der Waals surface area (Å²) >= 11 is 0. The second kappa shape index (κ2) is 6.16. The van der Waals surface area contributed by atoms with E-state index in [1.165, 1.54) is 5.56 Å². The Morgan fingerprint density at radius 3 is 2.31 bits per heavy atom. The quantitative estimate of drug-likeness (QED) is 0.767. The molecule has 0 bridgehead atoms. The molecule has 88 valence electrons. The topological polar surface area (TPSA) is 30.8 Å². The average molecular weight is 221 g/mol. The van der Waals surface area contributed by atoms with Crippen molar-refractivity contribution in [3.05, 3.63) is 29.8 Å². The Hall–Kier alpha value is -1.51. The molecule has 0 radical (unpaired) electrons. The zero-order valence-electron chi connectivity index (χ0n) is 10.4. The molecule has 0 saturated carbocycles. The van der Waals surface area contributed by atoms with Gasteiger partial charge in [0.25, 0.3) is 0 Å². The summed E-state index contributed by atoms with van der Waals surface area (Å²) in [4.78, 5) is 4.37. The first kappa shape index (κ1) is 12.6. The minimum Gasteiger partial charge on any atom is -0.497 e. The maximum absolute atomic E-state index is 5.30. The first-order valence-corrected chi connectivity index (χ1v) is 5.61. The highest BCUT2D eigenvalue weighted by atomic mass is 16.5. The maximum Gasteiger partial charge on any atom is 0.180 e. The van der Waals surface area contributed by atoms with E-state index in [0.29, 0.717) is 6.61 Å². The molecule has 16 heavy (non-hydrogen) atoms. The minimum atomic E-state index is 0.154. The summed E-state index contributed by atoms with van der Waals surface area (Å²) in [5.74, 6) is 1.64. The Morgan fingerprint density at radius 1 is 1.25 bits per heavy atom. The first-order valence-electron chi connectivity index (χ1n) is 5.61. The highest BCUT2D eigenvalue weighted by molar-refractivity contribution is 5.75. The SMILES string of the molecule is CC.COc1ccc(C2COC(C)=N2)cc1. The third-order valence-corrected chi connectivity index (χ3v) is 2.29. The highest BCUT2D eigenvalue weighted by Gasteiger charge is 2.17. The van der Waals surface area contributed by atoms with Crippen LogP contribution in [0.1, 0.15) is 32.4 Å². The number of ether oxygens (including phenoxy) is 2. The van der Waals surface area contributed by atoms with Gasteiger partial charge in [-0.15, -0.1) is 0 Å². The van der Waals surface area contributed by atoms with Crippen molar-refractivity contribution in [3.8, 4) is 5.75 Å². The molecule has 0 N–H and O–H groups in total. The van der Waals surface area contributed by atoms with Crippen LogP contribution in [0.15, 0.2) is 29.3 Å². The minimum absolute atomic E-state index is 0.154. The molecule has 0 spiro atoms. The van der Waals surface area contributed by atoms with Gasteiger partial charge in [-0.05, 0) is 17.7 Å². The number of aliphatic imine (C=N–C) groups is 1. The molecule has 2 rings (SSSR count). The molecule has 1 atom stereocenters. The Kier molecular flexibility index (Phi) is 4.83. The van der Waals surface area contributed by atoms with Crippen LogP contribution in [-0.2, 0) is 4.74 Å². The van der Waals surface area contributed by atoms with Gasteiger partial charge in [0.1, 0.15) is 18.4 Å². The molecule has 0 aromatic heterocycles. The van der Waals surface area contributed by atoms with Gasteiger partial charge in [0.2, 0.25) is 0 Å². The number of methoxy groups -OCH3 is 1. The van der Waals surface area contributed by atoms with Gasteiger partial charge in [0.05, 0.1) is 7.11 Å². The van der Waals surface area contributed by atoms with Gasteiger partial charge < -0.3 is 9.47 Å². The Bertz CT molecular complexity index is 343. The second-order valence-corrected chi connectivity index (χ2v) is 3.25. The van der Waals surface area contributed by atoms with Crippen LogP contribution < -0.4 is 4.74 Å². The highest BCUT2D eigenvalue weighted by Crippen LogP contribution is 2.24. The standard InChI is InChI=1S/C11H13NO2.C2H6/c1-8-12-11(7-14-8)9-3-5-10(13-2)6-4-9;1-2/h3-6,11H,7H2,1-2H3;1-2H3. The summed E-state index contributed by atoms with van der Waals surface area (Å²) < 4.78 is 10.4. The van der Waals surface area contributed by atoms with E-state index >= 15 is 0 Å². The molecule has 0 aliphatic carbocycles. The van der Waals surface area contributed by atoms with Crippen molar-refractivity contribution in [1.82, 2.24) is 0 Å².